The van der Waals surface area contributed by atoms with Crippen LogP contribution in [-0.2, 0) is 36.9 Å². The molecule has 0 aromatic carbocycles. The minimum atomic E-state index is -3.38. The fourth-order valence-electron chi connectivity index (χ4n) is 3.05. The SMILES string of the molecule is COC(=O)C(O)(O)C1(C2Cc3c(C(=O)O)csc3CO2)NC(=O)C1=O. The Labute approximate surface area is 144 Å². The summed E-state index contributed by atoms with van der Waals surface area (Å²) >= 11 is 1.14. The van der Waals surface area contributed by atoms with Gasteiger partial charge in [-0.3, -0.25) is 9.59 Å². The van der Waals surface area contributed by atoms with Crippen LogP contribution in [0.1, 0.15) is 20.8 Å². The third-order valence-electron chi connectivity index (χ3n) is 4.39. The van der Waals surface area contributed by atoms with Gasteiger partial charge in [-0.15, -0.1) is 11.3 Å². The summed E-state index contributed by atoms with van der Waals surface area (Å²) in [5.41, 5.74) is -2.14. The molecule has 1 aromatic heterocycles. The van der Waals surface area contributed by atoms with Crippen LogP contribution in [0.2, 0.25) is 0 Å². The van der Waals surface area contributed by atoms with Gasteiger partial charge in [0.15, 0.2) is 0 Å². The fraction of sp³-hybridized carbons (Fsp3) is 0.429. The summed E-state index contributed by atoms with van der Waals surface area (Å²) in [5, 5.41) is 33.1. The van der Waals surface area contributed by atoms with Crippen LogP contribution in [-0.4, -0.2) is 63.5 Å². The zero-order valence-electron chi connectivity index (χ0n) is 12.8. The van der Waals surface area contributed by atoms with E-state index in [1.54, 1.807) is 0 Å². The smallest absolute Gasteiger partial charge is 0.369 e. The molecular formula is C14H13NO9S. The number of ether oxygens (including phenoxy) is 2. The van der Waals surface area contributed by atoms with Crippen LogP contribution in [0.3, 0.4) is 0 Å². The molecule has 134 valence electrons. The number of nitrogens with one attached hydrogen (secondary N) is 1. The van der Waals surface area contributed by atoms with Gasteiger partial charge in [-0.1, -0.05) is 0 Å². The van der Waals surface area contributed by atoms with E-state index in [2.05, 4.69) is 4.74 Å². The van der Waals surface area contributed by atoms with Crippen LogP contribution in [0.4, 0.5) is 0 Å². The molecular weight excluding hydrogens is 358 g/mol. The largest absolute Gasteiger partial charge is 0.478 e. The normalized spacial score (nSPS) is 25.6. The first-order valence-corrected chi connectivity index (χ1v) is 7.89. The number of Topliss-reactive ketones (excluding diaryl/α,β-unsaturated/α-hetero) is 1. The van der Waals surface area contributed by atoms with E-state index in [1.165, 1.54) is 5.38 Å². The third-order valence-corrected chi connectivity index (χ3v) is 5.40. The van der Waals surface area contributed by atoms with Gasteiger partial charge in [0.25, 0.3) is 17.5 Å². The van der Waals surface area contributed by atoms with Crippen molar-refractivity contribution < 1.29 is 44.0 Å². The van der Waals surface area contributed by atoms with Crippen molar-refractivity contribution in [2.75, 3.05) is 7.11 Å². The van der Waals surface area contributed by atoms with Crippen molar-refractivity contribution in [3.8, 4) is 0 Å². The monoisotopic (exact) mass is 371 g/mol. The minimum absolute atomic E-state index is 0.0129. The van der Waals surface area contributed by atoms with Crippen molar-refractivity contribution in [1.29, 1.82) is 0 Å². The molecule has 2 aliphatic heterocycles. The Bertz CT molecular complexity index is 798. The van der Waals surface area contributed by atoms with E-state index in [0.717, 1.165) is 18.4 Å². The van der Waals surface area contributed by atoms with Crippen molar-refractivity contribution in [1.82, 2.24) is 5.32 Å². The Kier molecular flexibility index (Phi) is 3.91. The van der Waals surface area contributed by atoms with Crippen molar-refractivity contribution >= 4 is 35.0 Å². The summed E-state index contributed by atoms with van der Waals surface area (Å²) in [4.78, 5) is 47.3. The lowest BCUT2D eigenvalue weighted by Gasteiger charge is -2.50. The van der Waals surface area contributed by atoms with Gasteiger partial charge in [0.05, 0.1) is 25.4 Å². The molecule has 0 bridgehead atoms. The van der Waals surface area contributed by atoms with Gasteiger partial charge in [-0.2, -0.15) is 0 Å². The second-order valence-electron chi connectivity index (χ2n) is 5.62. The molecule has 0 radical (unpaired) electrons. The second kappa shape index (κ2) is 5.59. The molecule has 3 rings (SSSR count). The molecule has 1 saturated heterocycles. The van der Waals surface area contributed by atoms with Crippen LogP contribution in [0.15, 0.2) is 5.38 Å². The highest BCUT2D eigenvalue weighted by Gasteiger charge is 2.73. The van der Waals surface area contributed by atoms with Crippen LogP contribution >= 0.6 is 11.3 Å². The molecule has 0 spiro atoms. The predicted octanol–water partition coefficient (Wildman–Crippen LogP) is -1.82. The van der Waals surface area contributed by atoms with Gasteiger partial charge in [-0.05, 0) is 5.56 Å². The maximum atomic E-state index is 12.2. The molecule has 4 N–H and O–H groups in total. The lowest BCUT2D eigenvalue weighted by atomic mass is 9.70. The van der Waals surface area contributed by atoms with Crippen LogP contribution in [0, 0.1) is 0 Å². The average Bonchev–Trinajstić information content (AvgIpc) is 3.01. The standard InChI is InChI=1S/C14H13NO9S/c1-23-12(20)14(21,22)13(9(16)10(17)15-13)8-2-5-6(11(18)19)4-25-7(5)3-24-8/h4,8,21-22H,2-3H2,1H3,(H,15,17)(H,18,19). The summed E-state index contributed by atoms with van der Waals surface area (Å²) in [6.07, 6.45) is -1.58. The molecule has 1 amide bonds. The van der Waals surface area contributed by atoms with Crippen LogP contribution < -0.4 is 5.32 Å². The Morgan fingerprint density at radius 1 is 1.44 bits per heavy atom. The Morgan fingerprint density at radius 3 is 2.64 bits per heavy atom. The van der Waals surface area contributed by atoms with Gasteiger partial charge in [-0.25, -0.2) is 9.59 Å². The fourth-order valence-corrected chi connectivity index (χ4v) is 4.03. The molecule has 2 aliphatic rings. The molecule has 11 heteroatoms. The highest BCUT2D eigenvalue weighted by atomic mass is 32.1. The summed E-state index contributed by atoms with van der Waals surface area (Å²) in [6, 6.07) is 0. The number of hydrogen-bond acceptors (Lipinski definition) is 9. The van der Waals surface area contributed by atoms with E-state index < -0.39 is 41.1 Å². The maximum absolute atomic E-state index is 12.2. The lowest BCUT2D eigenvalue weighted by molar-refractivity contribution is -0.257. The van der Waals surface area contributed by atoms with Gasteiger partial charge in [0.2, 0.25) is 5.54 Å². The van der Waals surface area contributed by atoms with Gasteiger partial charge >= 0.3 is 11.9 Å². The first-order valence-electron chi connectivity index (χ1n) is 7.01. The number of fused-ring (bicyclic) bond motifs is 1. The van der Waals surface area contributed by atoms with Crippen LogP contribution in [0.5, 0.6) is 0 Å². The summed E-state index contributed by atoms with van der Waals surface area (Å²) < 4.78 is 9.76. The number of esters is 1. The number of β-lactam (4-membered cyclic amide) rings is 1. The van der Waals surface area contributed by atoms with E-state index in [0.29, 0.717) is 10.4 Å². The number of carbonyl (C=O) groups is 4. The van der Waals surface area contributed by atoms with Gasteiger partial charge in [0, 0.05) is 16.7 Å². The number of carbonyl (C=O) groups excluding carboxylic acids is 3. The first-order chi connectivity index (χ1) is 11.7. The van der Waals surface area contributed by atoms with Crippen molar-refractivity contribution in [2.45, 2.75) is 30.5 Å². The summed E-state index contributed by atoms with van der Waals surface area (Å²) in [5.74, 6) is -8.51. The number of carboxylic acid groups (broad SMARTS) is 1. The molecule has 1 aromatic rings. The predicted molar refractivity (Wildman–Crippen MR) is 78.6 cm³/mol. The summed E-state index contributed by atoms with van der Waals surface area (Å²) in [6.45, 7) is -0.111. The van der Waals surface area contributed by atoms with Crippen molar-refractivity contribution in [3.05, 3.63) is 21.4 Å². The molecule has 2 atom stereocenters. The zero-order chi connectivity index (χ0) is 18.6. The number of rotatable bonds is 4. The topological polar surface area (TPSA) is 159 Å². The molecule has 2 unspecified atom stereocenters. The van der Waals surface area contributed by atoms with E-state index >= 15 is 0 Å². The Morgan fingerprint density at radius 2 is 2.12 bits per heavy atom. The number of carboxylic acids is 1. The van der Waals surface area contributed by atoms with Gasteiger partial charge < -0.3 is 30.1 Å². The lowest BCUT2D eigenvalue weighted by Crippen LogP contribution is -2.87. The molecule has 1 fully saturated rings. The van der Waals surface area contributed by atoms with E-state index in [9.17, 15) is 34.5 Å². The highest BCUT2D eigenvalue weighted by molar-refractivity contribution is 7.10. The number of aliphatic hydroxyl groups is 2. The number of amides is 1. The number of ketones is 1. The number of thiophene rings is 1. The van der Waals surface area contributed by atoms with Crippen molar-refractivity contribution in [2.24, 2.45) is 0 Å². The first kappa shape index (κ1) is 17.5. The number of methoxy groups -OCH3 is 1. The Hall–Kier alpha value is -2.34. The third kappa shape index (κ3) is 2.20. The Balaban J connectivity index is 2.04. The molecule has 0 aliphatic carbocycles. The molecule has 0 saturated carbocycles. The quantitative estimate of drug-likeness (QED) is 0.207. The number of hydrogen-bond donors (Lipinski definition) is 4. The minimum Gasteiger partial charge on any atom is -0.478 e. The number of aromatic carboxylic acids is 1. The van der Waals surface area contributed by atoms with E-state index in [1.807, 2.05) is 5.32 Å². The van der Waals surface area contributed by atoms with E-state index in [4.69, 9.17) is 4.74 Å². The molecule has 25 heavy (non-hydrogen) atoms. The average molecular weight is 371 g/mol. The molecule has 3 heterocycles. The highest BCUT2D eigenvalue weighted by Crippen LogP contribution is 2.40. The molecule has 10 nitrogen and oxygen atoms in total. The van der Waals surface area contributed by atoms with Crippen LogP contribution in [0.25, 0.3) is 0 Å². The maximum Gasteiger partial charge on any atom is 0.369 e. The van der Waals surface area contributed by atoms with Gasteiger partial charge in [0.1, 0.15) is 0 Å². The van der Waals surface area contributed by atoms with Crippen molar-refractivity contribution in [3.63, 3.8) is 0 Å². The summed E-state index contributed by atoms with van der Waals surface area (Å²) in [7, 11) is 0.878. The second-order valence-corrected chi connectivity index (χ2v) is 6.58. The zero-order valence-corrected chi connectivity index (χ0v) is 13.6. The van der Waals surface area contributed by atoms with E-state index in [-0.39, 0.29) is 18.6 Å².